The number of carbonyl (C=O) groups is 1. The van der Waals surface area contributed by atoms with E-state index in [0.717, 1.165) is 12.1 Å². The minimum atomic E-state index is -1.03. The van der Waals surface area contributed by atoms with Crippen LogP contribution in [0.5, 0.6) is 0 Å². The van der Waals surface area contributed by atoms with Gasteiger partial charge in [0.1, 0.15) is 0 Å². The molecular formula is C9H11BrN2O2. The summed E-state index contributed by atoms with van der Waals surface area (Å²) in [6, 6.07) is 1.51. The fraction of sp³-hybridized carbons (Fsp3) is 0.444. The molecule has 0 aliphatic rings. The summed E-state index contributed by atoms with van der Waals surface area (Å²) < 4.78 is 0.327. The van der Waals surface area contributed by atoms with E-state index in [9.17, 15) is 4.79 Å². The number of halogens is 1. The van der Waals surface area contributed by atoms with Gasteiger partial charge in [-0.1, -0.05) is 13.8 Å². The average Bonchev–Trinajstić information content (AvgIpc) is 2.01. The summed E-state index contributed by atoms with van der Waals surface area (Å²) in [5.41, 5.74) is 0.779. The molecule has 0 spiro atoms. The van der Waals surface area contributed by atoms with Gasteiger partial charge in [0.25, 0.3) is 0 Å². The molecule has 0 saturated heterocycles. The van der Waals surface area contributed by atoms with Crippen LogP contribution in [0.25, 0.3) is 0 Å². The Labute approximate surface area is 90.5 Å². The summed E-state index contributed by atoms with van der Waals surface area (Å²) in [5.74, 6) is -0.587. The number of aromatic nitrogens is 2. The topological polar surface area (TPSA) is 63.1 Å². The number of carboxylic acid groups (broad SMARTS) is 1. The first-order valence-corrected chi connectivity index (χ1v) is 5.05. The first-order valence-electron chi connectivity index (χ1n) is 4.25. The summed E-state index contributed by atoms with van der Waals surface area (Å²) >= 11 is 3.09. The molecule has 4 nitrogen and oxygen atoms in total. The van der Waals surface area contributed by atoms with Crippen LogP contribution >= 0.6 is 15.9 Å². The SMILES string of the molecule is CC(C)Cc1cc(C(=O)O)nc(Br)n1. The summed E-state index contributed by atoms with van der Waals surface area (Å²) in [6.07, 6.45) is 0.751. The van der Waals surface area contributed by atoms with Crippen molar-refractivity contribution in [3.05, 3.63) is 22.2 Å². The fourth-order valence-electron chi connectivity index (χ4n) is 1.10. The molecule has 0 aromatic carbocycles. The lowest BCUT2D eigenvalue weighted by Gasteiger charge is -2.04. The largest absolute Gasteiger partial charge is 0.477 e. The standard InChI is InChI=1S/C9H11BrN2O2/c1-5(2)3-6-4-7(8(13)14)12-9(10)11-6/h4-5H,3H2,1-2H3,(H,13,14). The maximum atomic E-state index is 10.7. The van der Waals surface area contributed by atoms with Crippen LogP contribution in [0.3, 0.4) is 0 Å². The molecule has 1 heterocycles. The molecule has 5 heteroatoms. The Hall–Kier alpha value is -0.970. The highest BCUT2D eigenvalue weighted by molar-refractivity contribution is 9.10. The number of aromatic carboxylic acids is 1. The van der Waals surface area contributed by atoms with Crippen molar-refractivity contribution in [2.45, 2.75) is 20.3 Å². The summed E-state index contributed by atoms with van der Waals surface area (Å²) in [5, 5.41) is 8.76. The zero-order valence-electron chi connectivity index (χ0n) is 7.99. The van der Waals surface area contributed by atoms with E-state index in [4.69, 9.17) is 5.11 Å². The monoisotopic (exact) mass is 258 g/mol. The van der Waals surface area contributed by atoms with Gasteiger partial charge >= 0.3 is 5.97 Å². The molecule has 1 rings (SSSR count). The van der Waals surface area contributed by atoms with Crippen LogP contribution in [-0.4, -0.2) is 21.0 Å². The molecule has 0 saturated carbocycles. The number of carboxylic acids is 1. The third-order valence-corrected chi connectivity index (χ3v) is 1.94. The maximum absolute atomic E-state index is 10.7. The van der Waals surface area contributed by atoms with E-state index >= 15 is 0 Å². The molecule has 0 amide bonds. The molecule has 0 radical (unpaired) electrons. The minimum Gasteiger partial charge on any atom is -0.477 e. The molecule has 1 aromatic heterocycles. The molecule has 76 valence electrons. The fourth-order valence-corrected chi connectivity index (χ4v) is 1.52. The van der Waals surface area contributed by atoms with Gasteiger partial charge in [0.15, 0.2) is 10.4 Å². The van der Waals surface area contributed by atoms with E-state index in [1.165, 1.54) is 6.07 Å². The Morgan fingerprint density at radius 1 is 1.57 bits per heavy atom. The second kappa shape index (κ2) is 4.50. The van der Waals surface area contributed by atoms with Crippen LogP contribution in [-0.2, 0) is 6.42 Å². The van der Waals surface area contributed by atoms with Crippen molar-refractivity contribution in [2.24, 2.45) is 5.92 Å². The third-order valence-electron chi connectivity index (χ3n) is 1.59. The number of hydrogen-bond donors (Lipinski definition) is 1. The van der Waals surface area contributed by atoms with Gasteiger partial charge in [-0.15, -0.1) is 0 Å². The second-order valence-corrected chi connectivity index (χ2v) is 4.13. The van der Waals surface area contributed by atoms with Gasteiger partial charge in [-0.2, -0.15) is 0 Å². The van der Waals surface area contributed by atoms with E-state index in [1.54, 1.807) is 0 Å². The first kappa shape index (κ1) is 11.1. The molecule has 0 bridgehead atoms. The number of rotatable bonds is 3. The van der Waals surface area contributed by atoms with Crippen molar-refractivity contribution in [2.75, 3.05) is 0 Å². The Balaban J connectivity index is 3.01. The first-order chi connectivity index (χ1) is 6.49. The molecule has 0 aliphatic heterocycles. The molecule has 0 atom stereocenters. The van der Waals surface area contributed by atoms with E-state index in [0.29, 0.717) is 10.7 Å². The highest BCUT2D eigenvalue weighted by Gasteiger charge is 2.09. The molecule has 0 aliphatic carbocycles. The quantitative estimate of drug-likeness (QED) is 0.844. The van der Waals surface area contributed by atoms with E-state index in [1.807, 2.05) is 0 Å². The highest BCUT2D eigenvalue weighted by Crippen LogP contribution is 2.10. The Bertz CT molecular complexity index is 353. The Kier molecular flexibility index (Phi) is 3.57. The molecule has 0 unspecified atom stereocenters. The zero-order valence-corrected chi connectivity index (χ0v) is 9.58. The van der Waals surface area contributed by atoms with Crippen molar-refractivity contribution in [3.63, 3.8) is 0 Å². The minimum absolute atomic E-state index is 0.0301. The average molecular weight is 259 g/mol. The van der Waals surface area contributed by atoms with Crippen molar-refractivity contribution in [1.29, 1.82) is 0 Å². The Morgan fingerprint density at radius 3 is 2.71 bits per heavy atom. The van der Waals surface area contributed by atoms with Crippen molar-refractivity contribution < 1.29 is 9.90 Å². The smallest absolute Gasteiger partial charge is 0.354 e. The van der Waals surface area contributed by atoms with Crippen molar-refractivity contribution in [3.8, 4) is 0 Å². The van der Waals surface area contributed by atoms with Gasteiger partial charge in [0.05, 0.1) is 0 Å². The lowest BCUT2D eigenvalue weighted by Crippen LogP contribution is -2.06. The molecule has 1 N–H and O–H groups in total. The van der Waals surface area contributed by atoms with Crippen LogP contribution in [0, 0.1) is 5.92 Å². The predicted molar refractivity (Wildman–Crippen MR) is 55.2 cm³/mol. The van der Waals surface area contributed by atoms with Crippen LogP contribution < -0.4 is 0 Å². The van der Waals surface area contributed by atoms with Gasteiger partial charge in [-0.05, 0) is 34.3 Å². The number of hydrogen-bond acceptors (Lipinski definition) is 3. The van der Waals surface area contributed by atoms with Crippen molar-refractivity contribution >= 4 is 21.9 Å². The van der Waals surface area contributed by atoms with Crippen molar-refractivity contribution in [1.82, 2.24) is 9.97 Å². The molecule has 1 aromatic rings. The van der Waals surface area contributed by atoms with E-state index < -0.39 is 5.97 Å². The van der Waals surface area contributed by atoms with Gasteiger partial charge in [0, 0.05) is 5.69 Å². The summed E-state index contributed by atoms with van der Waals surface area (Å²) in [7, 11) is 0. The molecule has 14 heavy (non-hydrogen) atoms. The lowest BCUT2D eigenvalue weighted by molar-refractivity contribution is 0.0689. The van der Waals surface area contributed by atoms with E-state index in [2.05, 4.69) is 39.7 Å². The Morgan fingerprint density at radius 2 is 2.21 bits per heavy atom. The third kappa shape index (κ3) is 3.06. The maximum Gasteiger partial charge on any atom is 0.354 e. The normalized spacial score (nSPS) is 10.6. The summed E-state index contributed by atoms with van der Waals surface area (Å²) in [4.78, 5) is 18.5. The molecule has 0 fully saturated rings. The van der Waals surface area contributed by atoms with Crippen LogP contribution in [0.1, 0.15) is 30.0 Å². The number of nitrogens with zero attached hydrogens (tertiary/aromatic N) is 2. The van der Waals surface area contributed by atoms with Crippen LogP contribution in [0.2, 0.25) is 0 Å². The highest BCUT2D eigenvalue weighted by atomic mass is 79.9. The van der Waals surface area contributed by atoms with Gasteiger partial charge < -0.3 is 5.11 Å². The van der Waals surface area contributed by atoms with Gasteiger partial charge in [-0.25, -0.2) is 14.8 Å². The van der Waals surface area contributed by atoms with Gasteiger partial charge in [0.2, 0.25) is 0 Å². The van der Waals surface area contributed by atoms with Gasteiger partial charge in [-0.3, -0.25) is 0 Å². The van der Waals surface area contributed by atoms with Crippen LogP contribution in [0.15, 0.2) is 10.8 Å². The summed E-state index contributed by atoms with van der Waals surface area (Å²) in [6.45, 7) is 4.10. The lowest BCUT2D eigenvalue weighted by atomic mass is 10.1. The predicted octanol–water partition coefficient (Wildman–Crippen LogP) is 2.14. The zero-order chi connectivity index (χ0) is 10.7. The van der Waals surface area contributed by atoms with Crippen LogP contribution in [0.4, 0.5) is 0 Å². The van der Waals surface area contributed by atoms with E-state index in [-0.39, 0.29) is 5.69 Å². The molecular weight excluding hydrogens is 248 g/mol. The second-order valence-electron chi connectivity index (χ2n) is 3.42.